The van der Waals surface area contributed by atoms with Crippen molar-refractivity contribution in [3.8, 4) is 0 Å². The number of carbonyl (C=O) groups is 3. The molecule has 5 heteroatoms. The van der Waals surface area contributed by atoms with E-state index >= 15 is 0 Å². The number of ketones is 2. The maximum atomic E-state index is 10.5. The van der Waals surface area contributed by atoms with E-state index < -0.39 is 24.0 Å². The minimum absolute atomic E-state index is 0.168. The Balaban J connectivity index is 3.76. The molecule has 5 nitrogen and oxygen atoms in total. The van der Waals surface area contributed by atoms with Crippen molar-refractivity contribution >= 4 is 17.5 Å². The van der Waals surface area contributed by atoms with E-state index in [1.807, 2.05) is 0 Å². The van der Waals surface area contributed by atoms with Gasteiger partial charge < -0.3 is 10.2 Å². The summed E-state index contributed by atoms with van der Waals surface area (Å²) < 4.78 is 0. The van der Waals surface area contributed by atoms with Crippen molar-refractivity contribution in [2.75, 3.05) is 6.61 Å². The Morgan fingerprint density at radius 1 is 1.18 bits per heavy atom. The van der Waals surface area contributed by atoms with Gasteiger partial charge in [-0.1, -0.05) is 0 Å². The molecule has 0 saturated heterocycles. The van der Waals surface area contributed by atoms with Crippen LogP contribution in [0.3, 0.4) is 0 Å². The largest absolute Gasteiger partial charge is 0.475 e. The first-order valence-corrected chi connectivity index (χ1v) is 2.96. The number of hydrogen-bond acceptors (Lipinski definition) is 4. The third-order valence-corrected chi connectivity index (χ3v) is 0.987. The fourth-order valence-electron chi connectivity index (χ4n) is 0.468. The molecule has 0 aliphatic rings. The van der Waals surface area contributed by atoms with Crippen molar-refractivity contribution in [1.29, 1.82) is 0 Å². The van der Waals surface area contributed by atoms with Crippen molar-refractivity contribution in [1.82, 2.24) is 0 Å². The summed E-state index contributed by atoms with van der Waals surface area (Å²) in [5.41, 5.74) is 0. The van der Waals surface area contributed by atoms with Crippen molar-refractivity contribution < 1.29 is 24.6 Å². The Bertz CT molecular complexity index is 183. The van der Waals surface area contributed by atoms with Gasteiger partial charge in [-0.2, -0.15) is 0 Å². The zero-order valence-corrected chi connectivity index (χ0v) is 5.74. The Hall–Kier alpha value is -1.23. The second-order valence-corrected chi connectivity index (χ2v) is 1.92. The Labute approximate surface area is 62.6 Å². The van der Waals surface area contributed by atoms with E-state index in [1.54, 1.807) is 0 Å². The van der Waals surface area contributed by atoms with E-state index in [9.17, 15) is 14.4 Å². The first-order chi connectivity index (χ1) is 5.07. The summed E-state index contributed by atoms with van der Waals surface area (Å²) in [6.45, 7) is -0.355. The van der Waals surface area contributed by atoms with Gasteiger partial charge in [0.25, 0.3) is 0 Å². The Morgan fingerprint density at radius 3 is 2.09 bits per heavy atom. The van der Waals surface area contributed by atoms with E-state index in [0.717, 1.165) is 0 Å². The van der Waals surface area contributed by atoms with Crippen LogP contribution in [0.2, 0.25) is 0 Å². The van der Waals surface area contributed by atoms with Crippen LogP contribution in [-0.2, 0) is 14.4 Å². The predicted octanol–water partition coefficient (Wildman–Crippen LogP) is -1.02. The number of rotatable bonds is 5. The minimum atomic E-state index is -1.61. The molecule has 0 aromatic heterocycles. The van der Waals surface area contributed by atoms with Gasteiger partial charge in [0.05, 0.1) is 6.42 Å². The van der Waals surface area contributed by atoms with Gasteiger partial charge in [0.2, 0.25) is 5.78 Å². The number of aliphatic hydroxyl groups is 1. The van der Waals surface area contributed by atoms with Gasteiger partial charge in [-0.3, -0.25) is 9.59 Å². The number of carboxylic acids is 1. The molecule has 0 rings (SSSR count). The van der Waals surface area contributed by atoms with Crippen molar-refractivity contribution in [2.24, 2.45) is 0 Å². The number of hydrogen-bond donors (Lipinski definition) is 2. The molecule has 11 heavy (non-hydrogen) atoms. The smallest absolute Gasteiger partial charge is 0.372 e. The summed E-state index contributed by atoms with van der Waals surface area (Å²) in [5, 5.41) is 16.2. The molecule has 0 aromatic carbocycles. The van der Waals surface area contributed by atoms with E-state index in [-0.39, 0.29) is 13.0 Å². The lowest BCUT2D eigenvalue weighted by Gasteiger charge is -1.92. The summed E-state index contributed by atoms with van der Waals surface area (Å²) in [6.07, 6.45) is -0.797. The first kappa shape index (κ1) is 9.77. The molecular weight excluding hydrogens is 152 g/mol. The molecule has 0 fully saturated rings. The average molecular weight is 160 g/mol. The standard InChI is InChI=1S/C6H8O5/c7-2-1-4(8)3-5(9)6(10)11/h7H,1-3H2,(H,10,11). The highest BCUT2D eigenvalue weighted by Crippen LogP contribution is 1.90. The van der Waals surface area contributed by atoms with E-state index in [1.165, 1.54) is 0 Å². The maximum absolute atomic E-state index is 10.5. The monoisotopic (exact) mass is 160 g/mol. The van der Waals surface area contributed by atoms with Crippen LogP contribution in [0.15, 0.2) is 0 Å². The van der Waals surface area contributed by atoms with Crippen LogP contribution in [0.5, 0.6) is 0 Å². The molecule has 62 valence electrons. The van der Waals surface area contributed by atoms with Gasteiger partial charge in [0.1, 0.15) is 5.78 Å². The van der Waals surface area contributed by atoms with Crippen LogP contribution in [0, 0.1) is 0 Å². The lowest BCUT2D eigenvalue weighted by atomic mass is 10.1. The summed E-state index contributed by atoms with van der Waals surface area (Å²) in [4.78, 5) is 30.7. The van der Waals surface area contributed by atoms with Crippen molar-refractivity contribution in [3.63, 3.8) is 0 Å². The topological polar surface area (TPSA) is 91.7 Å². The van der Waals surface area contributed by atoms with Crippen LogP contribution in [0.1, 0.15) is 12.8 Å². The fraction of sp³-hybridized carbons (Fsp3) is 0.500. The van der Waals surface area contributed by atoms with Gasteiger partial charge in [-0.25, -0.2) is 4.79 Å². The molecule has 0 amide bonds. The quantitative estimate of drug-likeness (QED) is 0.396. The molecule has 0 spiro atoms. The number of Topliss-reactive ketones (excluding diaryl/α,β-unsaturated/α-hetero) is 2. The molecule has 2 N–H and O–H groups in total. The Kier molecular flexibility index (Phi) is 4.05. The van der Waals surface area contributed by atoms with Gasteiger partial charge >= 0.3 is 5.97 Å². The number of carboxylic acid groups (broad SMARTS) is 1. The number of carbonyl (C=O) groups excluding carboxylic acids is 2. The second-order valence-electron chi connectivity index (χ2n) is 1.92. The number of aliphatic hydroxyl groups excluding tert-OH is 1. The van der Waals surface area contributed by atoms with E-state index in [0.29, 0.717) is 0 Å². The summed E-state index contributed by atoms with van der Waals surface area (Å²) in [5.74, 6) is -3.31. The van der Waals surface area contributed by atoms with Crippen molar-refractivity contribution in [3.05, 3.63) is 0 Å². The summed E-state index contributed by atoms with van der Waals surface area (Å²) >= 11 is 0. The Morgan fingerprint density at radius 2 is 1.73 bits per heavy atom. The van der Waals surface area contributed by atoms with Crippen molar-refractivity contribution in [2.45, 2.75) is 12.8 Å². The molecule has 0 aromatic rings. The lowest BCUT2D eigenvalue weighted by Crippen LogP contribution is -2.17. The molecule has 0 atom stereocenters. The first-order valence-electron chi connectivity index (χ1n) is 2.96. The highest BCUT2D eigenvalue weighted by atomic mass is 16.4. The van der Waals surface area contributed by atoms with Crippen LogP contribution in [0.4, 0.5) is 0 Å². The minimum Gasteiger partial charge on any atom is -0.475 e. The van der Waals surface area contributed by atoms with Crippen LogP contribution < -0.4 is 0 Å². The number of aliphatic carboxylic acids is 1. The fourth-order valence-corrected chi connectivity index (χ4v) is 0.468. The molecule has 0 heterocycles. The molecule has 0 unspecified atom stereocenters. The van der Waals surface area contributed by atoms with Crippen LogP contribution in [-0.4, -0.2) is 34.4 Å². The van der Waals surface area contributed by atoms with Crippen LogP contribution in [0.25, 0.3) is 0 Å². The molecule has 0 radical (unpaired) electrons. The van der Waals surface area contributed by atoms with Gasteiger partial charge in [-0.15, -0.1) is 0 Å². The molecule has 0 bridgehead atoms. The summed E-state index contributed by atoms with van der Waals surface area (Å²) in [7, 11) is 0. The molecule has 0 aliphatic heterocycles. The zero-order valence-electron chi connectivity index (χ0n) is 5.74. The SMILES string of the molecule is O=C(CCO)CC(=O)C(=O)O. The zero-order chi connectivity index (χ0) is 8.85. The van der Waals surface area contributed by atoms with Gasteiger partial charge in [-0.05, 0) is 0 Å². The normalized spacial score (nSPS) is 9.18. The van der Waals surface area contributed by atoms with Gasteiger partial charge in [0.15, 0.2) is 0 Å². The summed E-state index contributed by atoms with van der Waals surface area (Å²) in [6, 6.07) is 0. The van der Waals surface area contributed by atoms with E-state index in [2.05, 4.69) is 0 Å². The molecular formula is C6H8O5. The van der Waals surface area contributed by atoms with Gasteiger partial charge in [0, 0.05) is 13.0 Å². The average Bonchev–Trinajstić information content (AvgIpc) is 1.87. The predicted molar refractivity (Wildman–Crippen MR) is 34.0 cm³/mol. The molecule has 0 aliphatic carbocycles. The second kappa shape index (κ2) is 4.56. The third-order valence-electron chi connectivity index (χ3n) is 0.987. The highest BCUT2D eigenvalue weighted by Gasteiger charge is 2.15. The van der Waals surface area contributed by atoms with E-state index in [4.69, 9.17) is 10.2 Å². The lowest BCUT2D eigenvalue weighted by molar-refractivity contribution is -0.150. The maximum Gasteiger partial charge on any atom is 0.372 e. The molecule has 0 saturated carbocycles. The highest BCUT2D eigenvalue weighted by molar-refractivity contribution is 6.36. The van der Waals surface area contributed by atoms with Crippen LogP contribution >= 0.6 is 0 Å². The third kappa shape index (κ3) is 4.21.